The van der Waals surface area contributed by atoms with E-state index in [2.05, 4.69) is 6.07 Å². The number of benzene rings is 2. The summed E-state index contributed by atoms with van der Waals surface area (Å²) in [6, 6.07) is 4.61. The molecule has 1 fully saturated rings. The number of ketones is 1. The number of carbonyl (C=O) groups is 2. The summed E-state index contributed by atoms with van der Waals surface area (Å²) in [6.07, 6.45) is -8.97. The Labute approximate surface area is 228 Å². The van der Waals surface area contributed by atoms with Gasteiger partial charge in [0.15, 0.2) is 11.8 Å². The van der Waals surface area contributed by atoms with Gasteiger partial charge in [0.2, 0.25) is 0 Å². The van der Waals surface area contributed by atoms with Crippen molar-refractivity contribution in [3.05, 3.63) is 68.8 Å². The molecule has 0 aliphatic heterocycles. The molecule has 1 unspecified atom stereocenters. The smallest absolute Gasteiger partial charge is 0.335 e. The zero-order valence-electron chi connectivity index (χ0n) is 20.1. The minimum atomic E-state index is -5.14. The molecule has 1 saturated carbocycles. The van der Waals surface area contributed by atoms with Gasteiger partial charge in [0.05, 0.1) is 32.6 Å². The zero-order chi connectivity index (χ0) is 28.9. The number of halogens is 8. The molecule has 1 heterocycles. The first kappa shape index (κ1) is 28.8. The van der Waals surface area contributed by atoms with Crippen molar-refractivity contribution in [3.8, 4) is 6.07 Å². The monoisotopic (exact) mass is 589 g/mol. The second-order valence-corrected chi connectivity index (χ2v) is 10.1. The van der Waals surface area contributed by atoms with Crippen molar-refractivity contribution in [3.63, 3.8) is 0 Å². The number of aromatic nitrogens is 1. The lowest BCUT2D eigenvalue weighted by molar-refractivity contribution is -0.156. The quantitative estimate of drug-likeness (QED) is 0.225. The Morgan fingerprint density at radius 3 is 2.33 bits per heavy atom. The minimum Gasteiger partial charge on any atom is -0.335 e. The molecular formula is C26H19Cl2F6N3O2. The largest absolute Gasteiger partial charge is 0.416 e. The number of hydrogen-bond acceptors (Lipinski definition) is 3. The summed E-state index contributed by atoms with van der Waals surface area (Å²) in [6.45, 7) is 1.66. The van der Waals surface area contributed by atoms with Crippen LogP contribution in [0.5, 0.6) is 0 Å². The Bertz CT molecular complexity index is 1520. The Morgan fingerprint density at radius 1 is 1.13 bits per heavy atom. The molecule has 1 N–H and O–H groups in total. The van der Waals surface area contributed by atoms with Gasteiger partial charge in [0.1, 0.15) is 5.69 Å². The first-order chi connectivity index (χ1) is 18.1. The van der Waals surface area contributed by atoms with Gasteiger partial charge in [0, 0.05) is 23.9 Å². The third kappa shape index (κ3) is 5.58. The van der Waals surface area contributed by atoms with Gasteiger partial charge < -0.3 is 9.88 Å². The third-order valence-corrected chi connectivity index (χ3v) is 7.36. The van der Waals surface area contributed by atoms with Gasteiger partial charge >= 0.3 is 12.4 Å². The average molecular weight is 590 g/mol. The third-order valence-electron chi connectivity index (χ3n) is 6.66. The van der Waals surface area contributed by atoms with Crippen LogP contribution in [0.25, 0.3) is 10.9 Å². The standard InChI is InChI=1S/C26H19Cl2F6N3O2/c1-2-37-18-10-17(27)15(19(38)11-24(12-35)6-7-24)9-16(18)20(28)21(37)23(39)36-22(26(32,33)34)13-4-3-5-14(8-13)25(29,30)31/h3-5,8-10,22H,2,6-7,11H2,1H3,(H,36,39). The minimum absolute atomic E-state index is 0.00852. The molecule has 4 rings (SSSR count). The van der Waals surface area contributed by atoms with Crippen molar-refractivity contribution in [1.82, 2.24) is 9.88 Å². The Kier molecular flexibility index (Phi) is 7.42. The average Bonchev–Trinajstić information content (AvgIpc) is 3.57. The van der Waals surface area contributed by atoms with Crippen LogP contribution in [0.3, 0.4) is 0 Å². The summed E-state index contributed by atoms with van der Waals surface area (Å²) in [7, 11) is 0. The first-order valence-corrected chi connectivity index (χ1v) is 12.4. The zero-order valence-corrected chi connectivity index (χ0v) is 21.6. The van der Waals surface area contributed by atoms with E-state index in [1.54, 1.807) is 12.2 Å². The summed E-state index contributed by atoms with van der Waals surface area (Å²) in [4.78, 5) is 26.1. The van der Waals surface area contributed by atoms with Crippen LogP contribution >= 0.6 is 23.2 Å². The van der Waals surface area contributed by atoms with E-state index in [9.17, 15) is 41.2 Å². The Hall–Kier alpha value is -3.23. The van der Waals surface area contributed by atoms with Crippen molar-refractivity contribution in [2.75, 3.05) is 0 Å². The van der Waals surface area contributed by atoms with E-state index < -0.39 is 46.6 Å². The van der Waals surface area contributed by atoms with Gasteiger partial charge in [0.25, 0.3) is 5.91 Å². The van der Waals surface area contributed by atoms with E-state index in [1.807, 2.05) is 0 Å². The van der Waals surface area contributed by atoms with Gasteiger partial charge in [-0.15, -0.1) is 0 Å². The number of nitrogens with one attached hydrogen (secondary N) is 1. The highest BCUT2D eigenvalue weighted by Crippen LogP contribution is 2.49. The van der Waals surface area contributed by atoms with E-state index in [0.717, 1.165) is 12.1 Å². The normalized spacial score (nSPS) is 15.6. The SMILES string of the molecule is CCn1c(C(=O)NC(c2cccc(C(F)(F)F)c2)C(F)(F)F)c(Cl)c2cc(C(=O)CC3(C#N)CC3)c(Cl)cc21. The molecule has 0 bridgehead atoms. The fourth-order valence-corrected chi connectivity index (χ4v) is 5.02. The van der Waals surface area contributed by atoms with Gasteiger partial charge in [-0.25, -0.2) is 0 Å². The number of fused-ring (bicyclic) bond motifs is 1. The Morgan fingerprint density at radius 2 is 1.79 bits per heavy atom. The van der Waals surface area contributed by atoms with Gasteiger partial charge in [-0.1, -0.05) is 35.3 Å². The van der Waals surface area contributed by atoms with E-state index >= 15 is 0 Å². The molecule has 2 aromatic carbocycles. The van der Waals surface area contributed by atoms with Gasteiger partial charge in [-0.3, -0.25) is 9.59 Å². The maximum atomic E-state index is 13.9. The molecule has 0 spiro atoms. The highest BCUT2D eigenvalue weighted by molar-refractivity contribution is 6.40. The van der Waals surface area contributed by atoms with Crippen molar-refractivity contribution in [2.24, 2.45) is 5.41 Å². The van der Waals surface area contributed by atoms with Gasteiger partial charge in [-0.05, 0) is 49.6 Å². The molecule has 3 aromatic rings. The first-order valence-electron chi connectivity index (χ1n) is 11.6. The Balaban J connectivity index is 1.75. The van der Waals surface area contributed by atoms with Crippen molar-refractivity contribution < 1.29 is 35.9 Å². The number of hydrogen-bond donors (Lipinski definition) is 1. The van der Waals surface area contributed by atoms with Crippen LogP contribution in [0.15, 0.2) is 36.4 Å². The lowest BCUT2D eigenvalue weighted by Crippen LogP contribution is -2.39. The molecule has 1 aromatic heterocycles. The fourth-order valence-electron chi connectivity index (χ4n) is 4.42. The highest BCUT2D eigenvalue weighted by atomic mass is 35.5. The summed E-state index contributed by atoms with van der Waals surface area (Å²) < 4.78 is 82.5. The van der Waals surface area contributed by atoms with Crippen molar-refractivity contribution in [2.45, 2.75) is 51.1 Å². The molecule has 206 valence electrons. The molecule has 1 aliphatic carbocycles. The van der Waals surface area contributed by atoms with E-state index in [0.29, 0.717) is 25.0 Å². The lowest BCUT2D eigenvalue weighted by Gasteiger charge is -2.23. The number of Topliss-reactive ketones (excluding diaryl/α,β-unsaturated/α-hetero) is 1. The molecule has 1 amide bonds. The molecule has 1 atom stereocenters. The molecule has 1 aliphatic rings. The fraction of sp³-hybridized carbons (Fsp3) is 0.346. The molecule has 13 heteroatoms. The summed E-state index contributed by atoms with van der Waals surface area (Å²) >= 11 is 12.8. The maximum Gasteiger partial charge on any atom is 0.416 e. The molecule has 5 nitrogen and oxygen atoms in total. The number of nitriles is 1. The van der Waals surface area contributed by atoms with E-state index in [4.69, 9.17) is 23.2 Å². The highest BCUT2D eigenvalue weighted by Gasteiger charge is 2.46. The van der Waals surface area contributed by atoms with Crippen LogP contribution in [0.1, 0.15) is 64.2 Å². The van der Waals surface area contributed by atoms with Crippen molar-refractivity contribution >= 4 is 45.8 Å². The van der Waals surface area contributed by atoms with E-state index in [1.165, 1.54) is 16.7 Å². The predicted octanol–water partition coefficient (Wildman–Crippen LogP) is 7.90. The van der Waals surface area contributed by atoms with Crippen molar-refractivity contribution in [1.29, 1.82) is 5.26 Å². The molecule has 0 radical (unpaired) electrons. The maximum absolute atomic E-state index is 13.9. The van der Waals surface area contributed by atoms with Crippen LogP contribution in [-0.4, -0.2) is 22.4 Å². The summed E-state index contributed by atoms with van der Waals surface area (Å²) in [5.74, 6) is -1.71. The topological polar surface area (TPSA) is 74.9 Å². The van der Waals surface area contributed by atoms with Crippen LogP contribution < -0.4 is 5.32 Å². The second-order valence-electron chi connectivity index (χ2n) is 9.32. The predicted molar refractivity (Wildman–Crippen MR) is 132 cm³/mol. The van der Waals surface area contributed by atoms with Gasteiger partial charge in [-0.2, -0.15) is 31.6 Å². The molecular weight excluding hydrogens is 571 g/mol. The number of nitrogens with zero attached hydrogens (tertiary/aromatic N) is 2. The van der Waals surface area contributed by atoms with Crippen LogP contribution in [0.2, 0.25) is 10.0 Å². The number of alkyl halides is 6. The van der Waals surface area contributed by atoms with Crippen LogP contribution in [-0.2, 0) is 12.7 Å². The summed E-state index contributed by atoms with van der Waals surface area (Å²) in [5.41, 5.74) is -2.95. The summed E-state index contributed by atoms with van der Waals surface area (Å²) in [5, 5.41) is 11.0. The molecule has 0 saturated heterocycles. The number of amides is 1. The number of aryl methyl sites for hydroxylation is 1. The molecule has 39 heavy (non-hydrogen) atoms. The number of carbonyl (C=O) groups excluding carboxylic acids is 2. The lowest BCUT2D eigenvalue weighted by atomic mass is 9.96. The van der Waals surface area contributed by atoms with E-state index in [-0.39, 0.29) is 45.2 Å². The van der Waals surface area contributed by atoms with Crippen LogP contribution in [0.4, 0.5) is 26.3 Å². The second kappa shape index (κ2) is 10.1. The number of rotatable bonds is 7. The van der Waals surface area contributed by atoms with Crippen LogP contribution in [0, 0.1) is 16.7 Å².